The van der Waals surface area contributed by atoms with Gasteiger partial charge in [0.2, 0.25) is 0 Å². The minimum Gasteiger partial charge on any atom is -0.276 e. The molecule has 2 aromatic rings. The molecule has 1 atom stereocenters. The third-order valence-corrected chi connectivity index (χ3v) is 3.41. The Bertz CT molecular complexity index is 518. The number of aromatic nitrogens is 2. The molecule has 3 N–H and O–H groups in total. The van der Waals surface area contributed by atoms with Crippen molar-refractivity contribution in [3.8, 4) is 0 Å². The number of rotatable bonds is 4. The third kappa shape index (κ3) is 2.84. The summed E-state index contributed by atoms with van der Waals surface area (Å²) in [6.45, 7) is 0. The van der Waals surface area contributed by atoms with Gasteiger partial charge < -0.3 is 0 Å². The summed E-state index contributed by atoms with van der Waals surface area (Å²) in [5, 5.41) is 5.34. The molecular formula is C12H14Cl2N4. The molecule has 2 rings (SSSR count). The fourth-order valence-electron chi connectivity index (χ4n) is 1.90. The monoisotopic (exact) mass is 284 g/mol. The summed E-state index contributed by atoms with van der Waals surface area (Å²) in [4.78, 5) is 0. The maximum absolute atomic E-state index is 6.17. The topological polar surface area (TPSA) is 55.9 Å². The molecule has 0 radical (unpaired) electrons. The van der Waals surface area contributed by atoms with E-state index >= 15 is 0 Å². The Morgan fingerprint density at radius 2 is 2.06 bits per heavy atom. The summed E-state index contributed by atoms with van der Waals surface area (Å²) in [6, 6.07) is 5.27. The van der Waals surface area contributed by atoms with Gasteiger partial charge in [-0.3, -0.25) is 16.0 Å². The largest absolute Gasteiger partial charge is 0.276 e. The molecule has 1 aromatic carbocycles. The third-order valence-electron chi connectivity index (χ3n) is 2.75. The van der Waals surface area contributed by atoms with E-state index in [-0.39, 0.29) is 6.04 Å². The van der Waals surface area contributed by atoms with E-state index in [2.05, 4.69) is 10.5 Å². The van der Waals surface area contributed by atoms with Crippen molar-refractivity contribution < 1.29 is 0 Å². The highest BCUT2D eigenvalue weighted by Crippen LogP contribution is 2.31. The molecule has 0 amide bonds. The highest BCUT2D eigenvalue weighted by atomic mass is 35.5. The SMILES string of the molecule is Cn1cc(CC(NN)c2c(Cl)cccc2Cl)cn1. The smallest absolute Gasteiger partial charge is 0.0530 e. The van der Waals surface area contributed by atoms with Gasteiger partial charge in [-0.2, -0.15) is 5.10 Å². The zero-order valence-corrected chi connectivity index (χ0v) is 11.4. The summed E-state index contributed by atoms with van der Waals surface area (Å²) < 4.78 is 1.75. The minimum atomic E-state index is -0.143. The maximum Gasteiger partial charge on any atom is 0.0530 e. The van der Waals surface area contributed by atoms with Crippen LogP contribution in [0.15, 0.2) is 30.6 Å². The van der Waals surface area contributed by atoms with Crippen LogP contribution in [0.1, 0.15) is 17.2 Å². The second-order valence-electron chi connectivity index (χ2n) is 4.08. The van der Waals surface area contributed by atoms with Crippen molar-refractivity contribution in [1.82, 2.24) is 15.2 Å². The molecule has 0 fully saturated rings. The fourth-order valence-corrected chi connectivity index (χ4v) is 2.56. The quantitative estimate of drug-likeness (QED) is 0.670. The highest BCUT2D eigenvalue weighted by molar-refractivity contribution is 6.36. The lowest BCUT2D eigenvalue weighted by molar-refractivity contribution is 0.552. The molecule has 0 aliphatic rings. The Morgan fingerprint density at radius 1 is 1.39 bits per heavy atom. The van der Waals surface area contributed by atoms with Crippen LogP contribution in [0.2, 0.25) is 10.0 Å². The average Bonchev–Trinajstić information content (AvgIpc) is 2.73. The molecule has 1 heterocycles. The van der Waals surface area contributed by atoms with Crippen molar-refractivity contribution in [2.75, 3.05) is 0 Å². The summed E-state index contributed by atoms with van der Waals surface area (Å²) in [6.07, 6.45) is 4.41. The Balaban J connectivity index is 2.28. The van der Waals surface area contributed by atoms with Crippen molar-refractivity contribution in [3.05, 3.63) is 51.8 Å². The molecule has 0 spiro atoms. The van der Waals surface area contributed by atoms with E-state index in [1.807, 2.05) is 19.3 Å². The van der Waals surface area contributed by atoms with Crippen molar-refractivity contribution in [3.63, 3.8) is 0 Å². The van der Waals surface area contributed by atoms with Gasteiger partial charge in [-0.25, -0.2) is 0 Å². The molecule has 0 aliphatic heterocycles. The molecule has 96 valence electrons. The second-order valence-corrected chi connectivity index (χ2v) is 4.90. The first-order valence-electron chi connectivity index (χ1n) is 5.49. The predicted octanol–water partition coefficient (Wildman–Crippen LogP) is 2.47. The van der Waals surface area contributed by atoms with Crippen LogP contribution in [0.5, 0.6) is 0 Å². The summed E-state index contributed by atoms with van der Waals surface area (Å²) >= 11 is 12.3. The van der Waals surface area contributed by atoms with Crippen molar-refractivity contribution in [2.24, 2.45) is 12.9 Å². The molecule has 0 saturated carbocycles. The number of nitrogens with one attached hydrogen (secondary N) is 1. The number of hydrogen-bond donors (Lipinski definition) is 2. The number of benzene rings is 1. The molecule has 0 bridgehead atoms. The van der Waals surface area contributed by atoms with Gasteiger partial charge in [0.25, 0.3) is 0 Å². The summed E-state index contributed by atoms with van der Waals surface area (Å²) in [5.41, 5.74) is 4.63. The zero-order valence-electron chi connectivity index (χ0n) is 9.90. The number of halogens is 2. The van der Waals surface area contributed by atoms with Gasteiger partial charge in [-0.1, -0.05) is 29.3 Å². The lowest BCUT2D eigenvalue weighted by Gasteiger charge is -2.18. The van der Waals surface area contributed by atoms with Gasteiger partial charge in [0.15, 0.2) is 0 Å². The van der Waals surface area contributed by atoms with E-state index in [0.717, 1.165) is 11.1 Å². The van der Waals surface area contributed by atoms with Crippen LogP contribution >= 0.6 is 23.2 Å². The predicted molar refractivity (Wildman–Crippen MR) is 73.4 cm³/mol. The van der Waals surface area contributed by atoms with Crippen molar-refractivity contribution >= 4 is 23.2 Å². The Kier molecular flexibility index (Phi) is 4.24. The molecule has 18 heavy (non-hydrogen) atoms. The normalized spacial score (nSPS) is 12.7. The van der Waals surface area contributed by atoms with Gasteiger partial charge in [-0.15, -0.1) is 0 Å². The highest BCUT2D eigenvalue weighted by Gasteiger charge is 2.17. The van der Waals surface area contributed by atoms with Gasteiger partial charge in [0.05, 0.1) is 12.2 Å². The van der Waals surface area contributed by atoms with Crippen molar-refractivity contribution in [2.45, 2.75) is 12.5 Å². The van der Waals surface area contributed by atoms with E-state index in [4.69, 9.17) is 29.0 Å². The molecular weight excluding hydrogens is 271 g/mol. The van der Waals surface area contributed by atoms with Crippen molar-refractivity contribution in [1.29, 1.82) is 0 Å². The number of aryl methyl sites for hydroxylation is 1. The van der Waals surface area contributed by atoms with Crippen LogP contribution in [-0.2, 0) is 13.5 Å². The van der Waals surface area contributed by atoms with Crippen LogP contribution in [0.3, 0.4) is 0 Å². The van der Waals surface area contributed by atoms with Gasteiger partial charge in [0, 0.05) is 28.9 Å². The van der Waals surface area contributed by atoms with Crippen LogP contribution in [0, 0.1) is 0 Å². The molecule has 6 heteroatoms. The second kappa shape index (κ2) is 5.71. The fraction of sp³-hybridized carbons (Fsp3) is 0.250. The standard InChI is InChI=1S/C12H14Cl2N4/c1-18-7-8(6-16-18)5-11(17-15)12-9(13)3-2-4-10(12)14/h2-4,6-7,11,17H,5,15H2,1H3. The van der Waals surface area contributed by atoms with Gasteiger partial charge >= 0.3 is 0 Å². The van der Waals surface area contributed by atoms with E-state index < -0.39 is 0 Å². The number of nitrogens with zero attached hydrogens (tertiary/aromatic N) is 2. The Hall–Kier alpha value is -1.07. The first-order chi connectivity index (χ1) is 8.61. The lowest BCUT2D eigenvalue weighted by Crippen LogP contribution is -2.30. The molecule has 0 saturated heterocycles. The van der Waals surface area contributed by atoms with Gasteiger partial charge in [-0.05, 0) is 24.1 Å². The molecule has 1 unspecified atom stereocenters. The van der Waals surface area contributed by atoms with Crippen LogP contribution in [0.25, 0.3) is 0 Å². The van der Waals surface area contributed by atoms with E-state index in [1.165, 1.54) is 0 Å². The average molecular weight is 285 g/mol. The Morgan fingerprint density at radius 3 is 2.56 bits per heavy atom. The maximum atomic E-state index is 6.17. The van der Waals surface area contributed by atoms with E-state index in [1.54, 1.807) is 23.0 Å². The lowest BCUT2D eigenvalue weighted by atomic mass is 10.0. The zero-order chi connectivity index (χ0) is 13.1. The molecule has 4 nitrogen and oxygen atoms in total. The molecule has 0 aliphatic carbocycles. The van der Waals surface area contributed by atoms with E-state index in [9.17, 15) is 0 Å². The number of hydrazine groups is 1. The first-order valence-corrected chi connectivity index (χ1v) is 6.25. The summed E-state index contributed by atoms with van der Waals surface area (Å²) in [7, 11) is 1.87. The number of nitrogens with two attached hydrogens (primary N) is 1. The van der Waals surface area contributed by atoms with E-state index in [0.29, 0.717) is 16.5 Å². The van der Waals surface area contributed by atoms with Crippen LogP contribution in [0.4, 0.5) is 0 Å². The minimum absolute atomic E-state index is 0.143. The number of hydrogen-bond acceptors (Lipinski definition) is 3. The Labute approximate surface area is 116 Å². The molecule has 1 aromatic heterocycles. The van der Waals surface area contributed by atoms with Crippen LogP contribution in [-0.4, -0.2) is 9.78 Å². The van der Waals surface area contributed by atoms with Crippen LogP contribution < -0.4 is 11.3 Å². The van der Waals surface area contributed by atoms with Gasteiger partial charge in [0.1, 0.15) is 0 Å². The summed E-state index contributed by atoms with van der Waals surface area (Å²) in [5.74, 6) is 5.60. The first kappa shape index (κ1) is 13.4.